The Hall–Kier alpha value is -2.69. The van der Waals surface area contributed by atoms with Gasteiger partial charge in [-0.25, -0.2) is 0 Å². The Morgan fingerprint density at radius 2 is 1.76 bits per heavy atom. The summed E-state index contributed by atoms with van der Waals surface area (Å²) in [5, 5.41) is 17.0. The highest BCUT2D eigenvalue weighted by Crippen LogP contribution is 2.42. The molecular weight excluding hydrogens is 358 g/mol. The predicted octanol–water partition coefficient (Wildman–Crippen LogP) is 5.41. The highest BCUT2D eigenvalue weighted by molar-refractivity contribution is 5.55. The van der Waals surface area contributed by atoms with E-state index in [-0.39, 0.29) is 5.54 Å². The lowest BCUT2D eigenvalue weighted by molar-refractivity contribution is 0.255. The lowest BCUT2D eigenvalue weighted by Gasteiger charge is -2.40. The average Bonchev–Trinajstić information content (AvgIpc) is 3.18. The fraction of sp³-hybridized carbons (Fsp3) is 0.458. The van der Waals surface area contributed by atoms with Gasteiger partial charge >= 0.3 is 0 Å². The molecule has 5 heteroatoms. The third-order valence-electron chi connectivity index (χ3n) is 6.59. The Balaban J connectivity index is 1.81. The lowest BCUT2D eigenvalue weighted by atomic mass is 9.76. The van der Waals surface area contributed by atoms with Crippen LogP contribution in [0.15, 0.2) is 36.4 Å². The summed E-state index contributed by atoms with van der Waals surface area (Å²) in [6.45, 7) is 10.9. The van der Waals surface area contributed by atoms with Crippen LogP contribution in [0.1, 0.15) is 60.7 Å². The largest absolute Gasteiger partial charge is 0.372 e. The molecule has 4 rings (SSSR count). The maximum atomic E-state index is 4.57. The average molecular weight is 390 g/mol. The first kappa shape index (κ1) is 19.6. The van der Waals surface area contributed by atoms with Crippen LogP contribution in [0.25, 0.3) is 5.69 Å². The molecule has 0 saturated heterocycles. The topological polar surface area (TPSA) is 55.6 Å². The van der Waals surface area contributed by atoms with Crippen LogP contribution < -0.4 is 5.32 Å². The maximum absolute atomic E-state index is 4.57. The van der Waals surface area contributed by atoms with E-state index in [2.05, 4.69) is 91.9 Å². The van der Waals surface area contributed by atoms with Crippen molar-refractivity contribution in [3.8, 4) is 5.69 Å². The Labute approximate surface area is 173 Å². The van der Waals surface area contributed by atoms with Crippen LogP contribution in [0, 0.1) is 33.6 Å². The number of nitrogens with zero attached hydrogens (tertiary/aromatic N) is 4. The summed E-state index contributed by atoms with van der Waals surface area (Å²) in [7, 11) is 0. The van der Waals surface area contributed by atoms with Crippen molar-refractivity contribution >= 4 is 5.69 Å². The monoisotopic (exact) mass is 389 g/mol. The van der Waals surface area contributed by atoms with Gasteiger partial charge in [-0.05, 0) is 98.5 Å². The van der Waals surface area contributed by atoms with Gasteiger partial charge in [0.25, 0.3) is 0 Å². The van der Waals surface area contributed by atoms with E-state index in [1.165, 1.54) is 27.9 Å². The number of benzene rings is 2. The molecule has 1 N–H and O–H groups in total. The summed E-state index contributed by atoms with van der Waals surface area (Å²) >= 11 is 0. The third-order valence-corrected chi connectivity index (χ3v) is 6.59. The first-order valence-corrected chi connectivity index (χ1v) is 10.6. The SMILES string of the molecule is Cc1ccc(NC2(c3nnnn3-c3cccc(C)c3C)CCC(C)CC2)c(C)c1. The molecule has 0 aliphatic heterocycles. The van der Waals surface area contributed by atoms with Crippen LogP contribution in [0.4, 0.5) is 5.69 Å². The van der Waals surface area contributed by atoms with Gasteiger partial charge in [0.2, 0.25) is 0 Å². The quantitative estimate of drug-likeness (QED) is 0.648. The van der Waals surface area contributed by atoms with Crippen molar-refractivity contribution in [2.24, 2.45) is 5.92 Å². The van der Waals surface area contributed by atoms with E-state index in [0.29, 0.717) is 0 Å². The molecule has 1 aliphatic rings. The van der Waals surface area contributed by atoms with Gasteiger partial charge in [-0.3, -0.25) is 0 Å². The van der Waals surface area contributed by atoms with Crippen molar-refractivity contribution in [2.45, 2.75) is 65.8 Å². The van der Waals surface area contributed by atoms with Crippen LogP contribution in [0.3, 0.4) is 0 Å². The number of hydrogen-bond donors (Lipinski definition) is 1. The molecule has 0 unspecified atom stereocenters. The number of hydrogen-bond acceptors (Lipinski definition) is 4. The molecule has 0 radical (unpaired) electrons. The van der Waals surface area contributed by atoms with Crippen LogP contribution in [-0.4, -0.2) is 20.2 Å². The Morgan fingerprint density at radius 1 is 1.00 bits per heavy atom. The van der Waals surface area contributed by atoms with E-state index in [1.54, 1.807) is 0 Å². The zero-order valence-electron chi connectivity index (χ0n) is 18.2. The van der Waals surface area contributed by atoms with Gasteiger partial charge in [-0.1, -0.05) is 36.8 Å². The van der Waals surface area contributed by atoms with E-state index >= 15 is 0 Å². The molecule has 1 fully saturated rings. The minimum atomic E-state index is -0.272. The third kappa shape index (κ3) is 3.66. The highest BCUT2D eigenvalue weighted by atomic mass is 15.6. The molecule has 1 aromatic heterocycles. The molecule has 0 bridgehead atoms. The lowest BCUT2D eigenvalue weighted by Crippen LogP contribution is -2.41. The summed E-state index contributed by atoms with van der Waals surface area (Å²) in [5.74, 6) is 1.65. The van der Waals surface area contributed by atoms with Gasteiger partial charge in [0.05, 0.1) is 11.2 Å². The van der Waals surface area contributed by atoms with Crippen LogP contribution in [0.2, 0.25) is 0 Å². The van der Waals surface area contributed by atoms with Crippen molar-refractivity contribution < 1.29 is 0 Å². The fourth-order valence-corrected chi connectivity index (χ4v) is 4.48. The van der Waals surface area contributed by atoms with Crippen molar-refractivity contribution in [1.82, 2.24) is 20.2 Å². The van der Waals surface area contributed by atoms with Crippen molar-refractivity contribution in [2.75, 3.05) is 5.32 Å². The van der Waals surface area contributed by atoms with Crippen molar-refractivity contribution in [3.63, 3.8) is 0 Å². The number of anilines is 1. The van der Waals surface area contributed by atoms with Crippen LogP contribution >= 0.6 is 0 Å². The number of nitrogens with one attached hydrogen (secondary N) is 1. The van der Waals surface area contributed by atoms with Crippen LogP contribution in [-0.2, 0) is 5.54 Å². The number of tetrazole rings is 1. The second kappa shape index (κ2) is 7.62. The van der Waals surface area contributed by atoms with Gasteiger partial charge in [0.15, 0.2) is 5.82 Å². The summed E-state index contributed by atoms with van der Waals surface area (Å²) in [6, 6.07) is 12.9. The molecule has 1 heterocycles. The van der Waals surface area contributed by atoms with Gasteiger partial charge < -0.3 is 5.32 Å². The molecule has 0 spiro atoms. The van der Waals surface area contributed by atoms with Gasteiger partial charge in [0.1, 0.15) is 0 Å². The molecule has 29 heavy (non-hydrogen) atoms. The fourth-order valence-electron chi connectivity index (χ4n) is 4.48. The number of aryl methyl sites for hydroxylation is 3. The second-order valence-corrected chi connectivity index (χ2v) is 8.84. The molecule has 152 valence electrons. The molecule has 1 aliphatic carbocycles. The standard InChI is InChI=1S/C24H31N5/c1-16-11-13-24(14-12-16,25-21-10-9-17(2)15-19(21)4)23-26-27-28-29(23)22-8-6-7-18(3)20(22)5/h6-10,15-16,25H,11-14H2,1-5H3. The van der Waals surface area contributed by atoms with E-state index in [9.17, 15) is 0 Å². The van der Waals surface area contributed by atoms with E-state index < -0.39 is 0 Å². The van der Waals surface area contributed by atoms with Crippen LogP contribution in [0.5, 0.6) is 0 Å². The molecule has 1 saturated carbocycles. The van der Waals surface area contributed by atoms with E-state index in [1.807, 2.05) is 4.68 Å². The first-order valence-electron chi connectivity index (χ1n) is 10.6. The van der Waals surface area contributed by atoms with Gasteiger partial charge in [-0.15, -0.1) is 5.10 Å². The molecule has 0 atom stereocenters. The molecule has 5 nitrogen and oxygen atoms in total. The van der Waals surface area contributed by atoms with Crippen molar-refractivity contribution in [1.29, 1.82) is 0 Å². The normalized spacial score (nSPS) is 21.9. The Bertz CT molecular complexity index is 1010. The second-order valence-electron chi connectivity index (χ2n) is 8.84. The summed E-state index contributed by atoms with van der Waals surface area (Å²) in [6.07, 6.45) is 4.37. The summed E-state index contributed by atoms with van der Waals surface area (Å²) in [5.41, 5.74) is 6.95. The minimum Gasteiger partial charge on any atom is -0.372 e. The zero-order valence-corrected chi connectivity index (χ0v) is 18.2. The molecule has 0 amide bonds. The number of aromatic nitrogens is 4. The number of rotatable bonds is 4. The smallest absolute Gasteiger partial charge is 0.181 e. The maximum Gasteiger partial charge on any atom is 0.181 e. The Morgan fingerprint density at radius 3 is 2.48 bits per heavy atom. The van der Waals surface area contributed by atoms with E-state index in [4.69, 9.17) is 0 Å². The van der Waals surface area contributed by atoms with Crippen molar-refractivity contribution in [3.05, 3.63) is 64.5 Å². The van der Waals surface area contributed by atoms with E-state index in [0.717, 1.165) is 43.1 Å². The Kier molecular flexibility index (Phi) is 5.15. The van der Waals surface area contributed by atoms with Gasteiger partial charge in [0, 0.05) is 5.69 Å². The first-order chi connectivity index (χ1) is 13.9. The molecule has 2 aromatic carbocycles. The summed E-state index contributed by atoms with van der Waals surface area (Å²) < 4.78 is 1.95. The predicted molar refractivity (Wildman–Crippen MR) is 117 cm³/mol. The minimum absolute atomic E-state index is 0.272. The van der Waals surface area contributed by atoms with Gasteiger partial charge in [-0.2, -0.15) is 4.68 Å². The summed E-state index contributed by atoms with van der Waals surface area (Å²) in [4.78, 5) is 0. The highest BCUT2D eigenvalue weighted by Gasteiger charge is 2.41. The molecule has 3 aromatic rings. The molecular formula is C24H31N5. The zero-order chi connectivity index (χ0) is 20.6.